The van der Waals surface area contributed by atoms with Crippen molar-refractivity contribution in [2.75, 3.05) is 19.6 Å². The average Bonchev–Trinajstić information content (AvgIpc) is 3.29. The van der Waals surface area contributed by atoms with E-state index in [2.05, 4.69) is 43.6 Å². The summed E-state index contributed by atoms with van der Waals surface area (Å²) >= 11 is 11.7. The van der Waals surface area contributed by atoms with Gasteiger partial charge in [0.2, 0.25) is 12.8 Å². The number of allylic oxidation sites excluding steroid dienone is 5. The van der Waals surface area contributed by atoms with Gasteiger partial charge in [-0.1, -0.05) is 83.0 Å². The fraction of sp³-hybridized carbons (Fsp3) is 0.500. The summed E-state index contributed by atoms with van der Waals surface area (Å²) in [6.07, 6.45) is 5.41. The van der Waals surface area contributed by atoms with E-state index in [-0.39, 0.29) is 21.9 Å². The Morgan fingerprint density at radius 1 is 1.16 bits per heavy atom. The van der Waals surface area contributed by atoms with E-state index >= 15 is 0 Å². The molecule has 1 aromatic carbocycles. The number of nitrogens with one attached hydrogen (secondary N) is 3. The summed E-state index contributed by atoms with van der Waals surface area (Å²) < 4.78 is 28.3. The quantitative estimate of drug-likeness (QED) is 0.231. The van der Waals surface area contributed by atoms with E-state index in [9.17, 15) is 18.4 Å². The number of carbonyl (C=O) groups excluding carboxylic acids is 2. The van der Waals surface area contributed by atoms with Crippen LogP contribution in [-0.4, -0.2) is 32.5 Å². The van der Waals surface area contributed by atoms with E-state index in [0.29, 0.717) is 42.6 Å². The Balaban J connectivity index is 0. The van der Waals surface area contributed by atoms with Gasteiger partial charge in [0.15, 0.2) is 0 Å². The maximum Gasteiger partial charge on any atom is 0.211 e. The molecule has 0 spiro atoms. The minimum absolute atomic E-state index is 0.0736. The first-order chi connectivity index (χ1) is 17.3. The number of hydrogen-bond donors (Lipinski definition) is 3. The van der Waals surface area contributed by atoms with Crippen LogP contribution in [0.15, 0.2) is 53.0 Å². The van der Waals surface area contributed by atoms with E-state index in [0.717, 1.165) is 6.54 Å². The number of benzene rings is 1. The molecule has 1 unspecified atom stereocenters. The predicted octanol–water partition coefficient (Wildman–Crippen LogP) is 7.24. The molecule has 1 aromatic rings. The van der Waals surface area contributed by atoms with Gasteiger partial charge in [0, 0.05) is 31.2 Å². The summed E-state index contributed by atoms with van der Waals surface area (Å²) in [5.41, 5.74) is 1.43. The number of rotatable bonds is 8. The van der Waals surface area contributed by atoms with Crippen LogP contribution in [0.1, 0.15) is 66.9 Å². The fourth-order valence-electron chi connectivity index (χ4n) is 2.81. The minimum Gasteiger partial charge on any atom is -0.359 e. The lowest BCUT2D eigenvalue weighted by molar-refractivity contribution is -0.110. The topological polar surface area (TPSA) is 70.2 Å². The summed E-state index contributed by atoms with van der Waals surface area (Å²) in [7, 11) is 0. The molecule has 1 saturated heterocycles. The van der Waals surface area contributed by atoms with Crippen LogP contribution in [0.2, 0.25) is 5.02 Å². The standard InChI is InChI=1S/C18H18Cl2F2N2O.C5H12.C3H7NO.C2H6/c1-11(24-10-25)7-16(20)17(21)6-5-12-8-23-9-14(12)13-3-2-4-15(19)18(13)22;1-5(2,3)4;1-2-4-3-5;1-2/h2-7,10,12,14,23H,8-9H2,1H3,(H,24,25);1-4H3;3H,2H2,1H3,(H,4,5);1-2H3/b6-5+,11-7+,17-16-;;;/t12-,14?;;;/m1.../s1. The molecule has 0 saturated carbocycles. The Kier molecular flexibility index (Phi) is 20.8. The molecule has 2 amide bonds. The van der Waals surface area contributed by atoms with Crippen LogP contribution >= 0.6 is 23.2 Å². The Bertz CT molecular complexity index is 892. The zero-order chi connectivity index (χ0) is 29.0. The van der Waals surface area contributed by atoms with Gasteiger partial charge in [-0.25, -0.2) is 8.78 Å². The first kappa shape index (κ1) is 36.9. The normalized spacial score (nSPS) is 17.7. The lowest BCUT2D eigenvalue weighted by Gasteiger charge is -2.17. The molecule has 3 N–H and O–H groups in total. The van der Waals surface area contributed by atoms with Gasteiger partial charge in [0.1, 0.15) is 11.6 Å². The molecule has 9 heteroatoms. The number of hydrogen-bond acceptors (Lipinski definition) is 3. The lowest BCUT2D eigenvalue weighted by Crippen LogP contribution is -2.10. The molecule has 1 heterocycles. The second kappa shape index (κ2) is 20.8. The van der Waals surface area contributed by atoms with Crippen molar-refractivity contribution in [1.82, 2.24) is 16.0 Å². The van der Waals surface area contributed by atoms with Crippen LogP contribution in [0.3, 0.4) is 0 Å². The maximum absolute atomic E-state index is 14.2. The van der Waals surface area contributed by atoms with E-state index in [1.54, 1.807) is 25.1 Å². The summed E-state index contributed by atoms with van der Waals surface area (Å²) in [5.74, 6) is -1.31. The van der Waals surface area contributed by atoms with Crippen LogP contribution in [0.5, 0.6) is 0 Å². The first-order valence-electron chi connectivity index (χ1n) is 12.3. The second-order valence-corrected chi connectivity index (χ2v) is 10.2. The molecular formula is C28H43Cl2F2N3O2. The zero-order valence-corrected chi connectivity index (χ0v) is 24.7. The fourth-order valence-corrected chi connectivity index (χ4v) is 3.22. The molecule has 0 aromatic heterocycles. The van der Waals surface area contributed by atoms with Crippen molar-refractivity contribution in [2.24, 2.45) is 11.3 Å². The second-order valence-electron chi connectivity index (χ2n) is 9.39. The largest absolute Gasteiger partial charge is 0.359 e. The summed E-state index contributed by atoms with van der Waals surface area (Å²) in [4.78, 5) is 19.6. The number of halogens is 4. The highest BCUT2D eigenvalue weighted by molar-refractivity contribution is 6.31. The van der Waals surface area contributed by atoms with Gasteiger partial charge in [0.05, 0.1) is 10.1 Å². The van der Waals surface area contributed by atoms with E-state index in [4.69, 9.17) is 23.2 Å². The Morgan fingerprint density at radius 2 is 1.76 bits per heavy atom. The molecule has 1 aliphatic heterocycles. The van der Waals surface area contributed by atoms with Gasteiger partial charge in [-0.2, -0.15) is 0 Å². The van der Waals surface area contributed by atoms with Gasteiger partial charge < -0.3 is 16.0 Å². The maximum atomic E-state index is 14.2. The highest BCUT2D eigenvalue weighted by Gasteiger charge is 2.29. The third-order valence-corrected chi connectivity index (χ3v) is 4.86. The number of carbonyl (C=O) groups is 2. The molecule has 0 aliphatic carbocycles. The molecule has 37 heavy (non-hydrogen) atoms. The molecule has 2 atom stereocenters. The minimum atomic E-state index is -0.633. The van der Waals surface area contributed by atoms with Crippen LogP contribution in [-0.2, 0) is 9.59 Å². The van der Waals surface area contributed by atoms with Crippen LogP contribution in [0, 0.1) is 17.2 Å². The molecule has 1 fully saturated rings. The number of amides is 2. The predicted molar refractivity (Wildman–Crippen MR) is 153 cm³/mol. The summed E-state index contributed by atoms with van der Waals surface area (Å²) in [6, 6.07) is 4.89. The SMILES string of the molecule is CC.CC(C)(C)C.CCNC=O.C\C(=C/C(Cl)=C(F)\C=C\[C@@H]1CNCC1c1cccc(Cl)c1F)NC=O. The Morgan fingerprint density at radius 3 is 2.24 bits per heavy atom. The van der Waals surface area contributed by atoms with Crippen molar-refractivity contribution in [3.05, 3.63) is 69.4 Å². The Hall–Kier alpha value is -2.22. The summed E-state index contributed by atoms with van der Waals surface area (Å²) in [6.45, 7) is 18.1. The van der Waals surface area contributed by atoms with Crippen molar-refractivity contribution >= 4 is 36.0 Å². The summed E-state index contributed by atoms with van der Waals surface area (Å²) in [5, 5.41) is 7.93. The van der Waals surface area contributed by atoms with Crippen molar-refractivity contribution in [1.29, 1.82) is 0 Å². The molecular weight excluding hydrogens is 519 g/mol. The van der Waals surface area contributed by atoms with Crippen molar-refractivity contribution in [3.8, 4) is 0 Å². The van der Waals surface area contributed by atoms with E-state index in [1.165, 1.54) is 18.2 Å². The molecule has 210 valence electrons. The smallest absolute Gasteiger partial charge is 0.211 e. The van der Waals surface area contributed by atoms with Crippen LogP contribution < -0.4 is 16.0 Å². The highest BCUT2D eigenvalue weighted by atomic mass is 35.5. The highest BCUT2D eigenvalue weighted by Crippen LogP contribution is 2.33. The molecule has 0 bridgehead atoms. The van der Waals surface area contributed by atoms with Crippen LogP contribution in [0.4, 0.5) is 8.78 Å². The van der Waals surface area contributed by atoms with Gasteiger partial charge in [-0.15, -0.1) is 0 Å². The van der Waals surface area contributed by atoms with E-state index < -0.39 is 11.6 Å². The monoisotopic (exact) mass is 561 g/mol. The van der Waals surface area contributed by atoms with Gasteiger partial charge >= 0.3 is 0 Å². The lowest BCUT2D eigenvalue weighted by atomic mass is 9.88. The van der Waals surface area contributed by atoms with Crippen molar-refractivity contribution in [2.45, 2.75) is 61.3 Å². The first-order valence-corrected chi connectivity index (χ1v) is 13.0. The third kappa shape index (κ3) is 17.8. The molecule has 2 rings (SSSR count). The zero-order valence-electron chi connectivity index (χ0n) is 23.2. The molecule has 1 aliphatic rings. The van der Waals surface area contributed by atoms with Crippen molar-refractivity contribution in [3.63, 3.8) is 0 Å². The van der Waals surface area contributed by atoms with Gasteiger partial charge in [-0.05, 0) is 49.0 Å². The Labute approximate surface area is 231 Å². The molecule has 5 nitrogen and oxygen atoms in total. The third-order valence-electron chi connectivity index (χ3n) is 4.28. The van der Waals surface area contributed by atoms with Gasteiger partial charge in [-0.3, -0.25) is 9.59 Å². The average molecular weight is 563 g/mol. The van der Waals surface area contributed by atoms with Crippen molar-refractivity contribution < 1.29 is 18.4 Å². The van der Waals surface area contributed by atoms with E-state index in [1.807, 2.05) is 20.8 Å². The van der Waals surface area contributed by atoms with Crippen LogP contribution in [0.25, 0.3) is 0 Å². The molecule has 0 radical (unpaired) electrons. The van der Waals surface area contributed by atoms with Gasteiger partial charge in [0.25, 0.3) is 0 Å².